The molecule has 0 spiro atoms. The number of aryl methyl sites for hydroxylation is 1. The van der Waals surface area contributed by atoms with Gasteiger partial charge < -0.3 is 4.98 Å². The summed E-state index contributed by atoms with van der Waals surface area (Å²) in [4.78, 5) is 5.95. The van der Waals surface area contributed by atoms with Gasteiger partial charge in [0.2, 0.25) is 0 Å². The van der Waals surface area contributed by atoms with Crippen molar-refractivity contribution in [1.29, 1.82) is 0 Å². The third kappa shape index (κ3) is 2.96. The predicted molar refractivity (Wildman–Crippen MR) is 99.8 cm³/mol. The number of nitrogens with one attached hydrogen (secondary N) is 1. The highest BCUT2D eigenvalue weighted by Gasteiger charge is 2.24. The lowest BCUT2D eigenvalue weighted by Gasteiger charge is -2.31. The van der Waals surface area contributed by atoms with Crippen LogP contribution in [0.1, 0.15) is 42.5 Å². The molecule has 6 heteroatoms. The third-order valence-corrected chi connectivity index (χ3v) is 6.11. The van der Waals surface area contributed by atoms with E-state index in [0.29, 0.717) is 5.92 Å². The molecule has 1 aliphatic rings. The number of aromatic nitrogens is 3. The van der Waals surface area contributed by atoms with Crippen LogP contribution >= 0.6 is 23.1 Å². The topological polar surface area (TPSA) is 44.8 Å². The van der Waals surface area contributed by atoms with Gasteiger partial charge in [-0.1, -0.05) is 41.2 Å². The highest BCUT2D eigenvalue weighted by molar-refractivity contribution is 7.10. The van der Waals surface area contributed by atoms with Gasteiger partial charge in [0.1, 0.15) is 10.0 Å². The van der Waals surface area contributed by atoms with Crippen LogP contribution in [0.25, 0.3) is 10.9 Å². The summed E-state index contributed by atoms with van der Waals surface area (Å²) in [5.41, 5.74) is 5.12. The Hall–Kier alpha value is -1.43. The van der Waals surface area contributed by atoms with E-state index in [1.807, 2.05) is 0 Å². The molecule has 0 saturated carbocycles. The van der Waals surface area contributed by atoms with Crippen molar-refractivity contribution in [1.82, 2.24) is 19.5 Å². The molecule has 0 amide bonds. The molecule has 24 heavy (non-hydrogen) atoms. The first-order valence-electron chi connectivity index (χ1n) is 8.54. The number of hydrogen-bond donors (Lipinski definition) is 1. The number of fused-ring (bicyclic) bond motifs is 1. The zero-order valence-electron chi connectivity index (χ0n) is 13.8. The second-order valence-corrected chi connectivity index (χ2v) is 7.84. The van der Waals surface area contributed by atoms with Gasteiger partial charge in [0, 0.05) is 35.2 Å². The highest BCUT2D eigenvalue weighted by atomic mass is 35.5. The molecule has 1 saturated heterocycles. The van der Waals surface area contributed by atoms with E-state index in [2.05, 4.69) is 50.8 Å². The lowest BCUT2D eigenvalue weighted by Crippen LogP contribution is -2.32. The molecule has 0 unspecified atom stereocenters. The van der Waals surface area contributed by atoms with Crippen molar-refractivity contribution < 1.29 is 0 Å². The second kappa shape index (κ2) is 6.82. The Balaban J connectivity index is 1.47. The molecule has 126 valence electrons. The summed E-state index contributed by atoms with van der Waals surface area (Å²) in [6.45, 7) is 5.19. The van der Waals surface area contributed by atoms with Crippen LogP contribution in [0.4, 0.5) is 0 Å². The Morgan fingerprint density at radius 1 is 1.33 bits per heavy atom. The summed E-state index contributed by atoms with van der Waals surface area (Å²) >= 11 is 7.40. The second-order valence-electron chi connectivity index (χ2n) is 6.48. The van der Waals surface area contributed by atoms with Gasteiger partial charge in [-0.2, -0.15) is 0 Å². The fourth-order valence-electron chi connectivity index (χ4n) is 3.78. The van der Waals surface area contributed by atoms with Crippen LogP contribution in [0, 0.1) is 0 Å². The van der Waals surface area contributed by atoms with Crippen LogP contribution < -0.4 is 0 Å². The Labute approximate surface area is 151 Å². The van der Waals surface area contributed by atoms with Gasteiger partial charge >= 0.3 is 0 Å². The van der Waals surface area contributed by atoms with Crippen molar-refractivity contribution >= 4 is 34.0 Å². The van der Waals surface area contributed by atoms with Crippen molar-refractivity contribution in [2.45, 2.75) is 38.6 Å². The molecule has 1 N–H and O–H groups in total. The van der Waals surface area contributed by atoms with E-state index in [9.17, 15) is 0 Å². The molecule has 1 aliphatic heterocycles. The zero-order chi connectivity index (χ0) is 16.5. The molecule has 3 aromatic rings. The van der Waals surface area contributed by atoms with Gasteiger partial charge in [-0.3, -0.25) is 4.90 Å². The number of para-hydroxylation sites is 1. The van der Waals surface area contributed by atoms with Gasteiger partial charge in [-0.15, -0.1) is 5.10 Å². The summed E-state index contributed by atoms with van der Waals surface area (Å²) < 4.78 is 4.65. The number of aromatic amines is 1. The number of nitrogens with zero attached hydrogens (tertiary/aromatic N) is 3. The quantitative estimate of drug-likeness (QED) is 0.738. The molecule has 3 heterocycles. The van der Waals surface area contributed by atoms with Crippen LogP contribution in [-0.4, -0.2) is 32.6 Å². The molecule has 0 bridgehead atoms. The fraction of sp³-hybridized carbons (Fsp3) is 0.444. The van der Waals surface area contributed by atoms with Gasteiger partial charge in [0.25, 0.3) is 0 Å². The van der Waals surface area contributed by atoms with Crippen LogP contribution in [-0.2, 0) is 13.0 Å². The fourth-order valence-corrected chi connectivity index (χ4v) is 4.39. The number of piperidine rings is 1. The normalized spacial score (nSPS) is 16.9. The van der Waals surface area contributed by atoms with Crippen molar-refractivity contribution in [3.05, 3.63) is 45.6 Å². The monoisotopic (exact) mass is 360 g/mol. The first-order valence-corrected chi connectivity index (χ1v) is 9.69. The summed E-state index contributed by atoms with van der Waals surface area (Å²) in [6.07, 6.45) is 5.65. The SMILES string of the molecule is CCc1cccc2c(C3CCN(Cc4nnsc4Cl)CC3)c[nH]c12. The molecular weight excluding hydrogens is 340 g/mol. The maximum Gasteiger partial charge on any atom is 0.138 e. The molecule has 4 rings (SSSR count). The average Bonchev–Trinajstić information content (AvgIpc) is 3.22. The van der Waals surface area contributed by atoms with Crippen molar-refractivity contribution in [2.24, 2.45) is 0 Å². The van der Waals surface area contributed by atoms with E-state index in [0.717, 1.165) is 36.1 Å². The largest absolute Gasteiger partial charge is 0.361 e. The van der Waals surface area contributed by atoms with Crippen LogP contribution in [0.15, 0.2) is 24.4 Å². The van der Waals surface area contributed by atoms with E-state index in [1.54, 1.807) is 0 Å². The predicted octanol–water partition coefficient (Wildman–Crippen LogP) is 4.61. The van der Waals surface area contributed by atoms with Crippen LogP contribution in [0.5, 0.6) is 0 Å². The lowest BCUT2D eigenvalue weighted by atomic mass is 9.88. The van der Waals surface area contributed by atoms with Crippen molar-refractivity contribution in [3.63, 3.8) is 0 Å². The minimum Gasteiger partial charge on any atom is -0.361 e. The Morgan fingerprint density at radius 2 is 2.17 bits per heavy atom. The number of likely N-dealkylation sites (tertiary alicyclic amines) is 1. The summed E-state index contributed by atoms with van der Waals surface area (Å²) in [5.74, 6) is 0.631. The molecule has 2 aromatic heterocycles. The number of halogens is 1. The molecular formula is C18H21ClN4S. The van der Waals surface area contributed by atoms with Gasteiger partial charge in [-0.25, -0.2) is 0 Å². The first kappa shape index (κ1) is 16.1. The zero-order valence-corrected chi connectivity index (χ0v) is 15.3. The number of benzene rings is 1. The molecule has 1 aromatic carbocycles. The minimum absolute atomic E-state index is 0.631. The first-order chi connectivity index (χ1) is 11.8. The maximum atomic E-state index is 6.13. The van der Waals surface area contributed by atoms with Crippen molar-refractivity contribution in [3.8, 4) is 0 Å². The molecule has 4 nitrogen and oxygen atoms in total. The van der Waals surface area contributed by atoms with Gasteiger partial charge in [-0.05, 0) is 49.4 Å². The maximum absolute atomic E-state index is 6.13. The Bertz CT molecular complexity index is 833. The lowest BCUT2D eigenvalue weighted by molar-refractivity contribution is 0.203. The van der Waals surface area contributed by atoms with E-state index < -0.39 is 0 Å². The molecule has 0 aliphatic carbocycles. The van der Waals surface area contributed by atoms with E-state index >= 15 is 0 Å². The van der Waals surface area contributed by atoms with Gasteiger partial charge in [0.05, 0.1) is 0 Å². The standard InChI is InChI=1S/C18H21ClN4S/c1-2-12-4-3-5-14-15(10-20-17(12)14)13-6-8-23(9-7-13)11-16-18(19)24-22-21-16/h3-5,10,13,20H,2,6-9,11H2,1H3. The van der Waals surface area contributed by atoms with Gasteiger partial charge in [0.15, 0.2) is 0 Å². The molecule has 0 radical (unpaired) electrons. The third-order valence-electron chi connectivity index (χ3n) is 5.12. The Kier molecular flexibility index (Phi) is 4.57. The molecule has 0 atom stereocenters. The highest BCUT2D eigenvalue weighted by Crippen LogP contribution is 2.34. The molecule has 1 fully saturated rings. The van der Waals surface area contributed by atoms with Crippen LogP contribution in [0.2, 0.25) is 4.34 Å². The van der Waals surface area contributed by atoms with E-state index in [1.165, 1.54) is 46.4 Å². The number of hydrogen-bond acceptors (Lipinski definition) is 4. The smallest absolute Gasteiger partial charge is 0.138 e. The number of H-pyrrole nitrogens is 1. The van der Waals surface area contributed by atoms with Crippen LogP contribution in [0.3, 0.4) is 0 Å². The minimum atomic E-state index is 0.631. The van der Waals surface area contributed by atoms with Crippen molar-refractivity contribution in [2.75, 3.05) is 13.1 Å². The van der Waals surface area contributed by atoms with E-state index in [-0.39, 0.29) is 0 Å². The summed E-state index contributed by atoms with van der Waals surface area (Å²) in [5, 5.41) is 5.53. The number of rotatable bonds is 4. The van der Waals surface area contributed by atoms with E-state index in [4.69, 9.17) is 11.6 Å². The Morgan fingerprint density at radius 3 is 2.88 bits per heavy atom. The average molecular weight is 361 g/mol. The summed E-state index contributed by atoms with van der Waals surface area (Å²) in [7, 11) is 0. The summed E-state index contributed by atoms with van der Waals surface area (Å²) in [6, 6.07) is 6.66.